The highest BCUT2D eigenvalue weighted by atomic mass is 32.2. The first-order valence-electron chi connectivity index (χ1n) is 10.3. The number of ether oxygens (including phenoxy) is 2. The third-order valence-electron chi connectivity index (χ3n) is 5.49. The molecule has 1 atom stereocenters. The smallest absolute Gasteiger partial charge is 0.409 e. The number of carbonyl (C=O) groups excluding carboxylic acids is 1. The topological polar surface area (TPSA) is 69.0 Å². The van der Waals surface area contributed by atoms with Crippen molar-refractivity contribution in [2.75, 3.05) is 26.0 Å². The molecular weight excluding hydrogens is 439 g/mol. The molecule has 2 aromatic heterocycles. The number of amides is 1. The molecule has 0 bridgehead atoms. The van der Waals surface area contributed by atoms with Gasteiger partial charge in [-0.25, -0.2) is 18.7 Å². The first-order chi connectivity index (χ1) is 15.0. The molecule has 7 nitrogen and oxygen atoms in total. The van der Waals surface area contributed by atoms with Gasteiger partial charge in [0.05, 0.1) is 18.5 Å². The molecule has 1 amide bonds. The summed E-state index contributed by atoms with van der Waals surface area (Å²) < 4.78 is 27.2. The molecule has 1 fully saturated rings. The van der Waals surface area contributed by atoms with E-state index in [9.17, 15) is 9.18 Å². The number of rotatable bonds is 6. The van der Waals surface area contributed by atoms with Crippen LogP contribution in [0.5, 0.6) is 5.19 Å². The van der Waals surface area contributed by atoms with Gasteiger partial charge in [0.15, 0.2) is 0 Å². The van der Waals surface area contributed by atoms with Crippen LogP contribution in [0, 0.1) is 11.7 Å². The van der Waals surface area contributed by atoms with E-state index in [1.165, 1.54) is 29.2 Å². The van der Waals surface area contributed by atoms with Crippen LogP contribution in [0.15, 0.2) is 29.3 Å². The summed E-state index contributed by atoms with van der Waals surface area (Å²) in [6.07, 6.45) is 5.08. The summed E-state index contributed by atoms with van der Waals surface area (Å²) >= 11 is 2.84. The molecule has 166 valence electrons. The van der Waals surface area contributed by atoms with Crippen molar-refractivity contribution in [1.82, 2.24) is 19.5 Å². The lowest BCUT2D eigenvalue weighted by atomic mass is 9.92. The summed E-state index contributed by atoms with van der Waals surface area (Å²) in [5.41, 5.74) is 1.01. The Bertz CT molecular complexity index is 1030. The van der Waals surface area contributed by atoms with E-state index in [1.807, 2.05) is 26.2 Å². The number of thioether (sulfide) groups is 1. The highest BCUT2D eigenvalue weighted by Gasteiger charge is 2.28. The maximum Gasteiger partial charge on any atom is 0.409 e. The van der Waals surface area contributed by atoms with Crippen LogP contribution in [-0.4, -0.2) is 57.6 Å². The van der Waals surface area contributed by atoms with Crippen molar-refractivity contribution in [2.45, 2.75) is 37.7 Å². The van der Waals surface area contributed by atoms with Crippen molar-refractivity contribution in [3.05, 3.63) is 30.2 Å². The maximum absolute atomic E-state index is 14.4. The number of halogens is 1. The van der Waals surface area contributed by atoms with Gasteiger partial charge in [0.2, 0.25) is 4.96 Å². The van der Waals surface area contributed by atoms with Crippen molar-refractivity contribution >= 4 is 34.2 Å². The van der Waals surface area contributed by atoms with Gasteiger partial charge in [0, 0.05) is 23.5 Å². The van der Waals surface area contributed by atoms with Gasteiger partial charge in [-0.05, 0) is 68.4 Å². The molecule has 1 aromatic carbocycles. The van der Waals surface area contributed by atoms with Crippen LogP contribution in [0.3, 0.4) is 0 Å². The Labute approximate surface area is 188 Å². The minimum Gasteiger partial charge on any atom is -0.466 e. The second kappa shape index (κ2) is 9.44. The number of piperidine rings is 1. The van der Waals surface area contributed by atoms with Crippen molar-refractivity contribution < 1.29 is 18.7 Å². The van der Waals surface area contributed by atoms with Gasteiger partial charge < -0.3 is 14.4 Å². The molecule has 0 spiro atoms. The van der Waals surface area contributed by atoms with Gasteiger partial charge in [-0.2, -0.15) is 0 Å². The molecule has 3 heterocycles. The van der Waals surface area contributed by atoms with Crippen LogP contribution in [0.25, 0.3) is 16.2 Å². The van der Waals surface area contributed by atoms with Crippen LogP contribution in [0.4, 0.5) is 9.18 Å². The van der Waals surface area contributed by atoms with Crippen molar-refractivity contribution in [3.8, 4) is 16.5 Å². The Morgan fingerprint density at radius 2 is 2.16 bits per heavy atom. The number of likely N-dealkylation sites (tertiary alicyclic amines) is 1. The number of imidazole rings is 1. The minimum atomic E-state index is -0.295. The zero-order chi connectivity index (χ0) is 22.0. The van der Waals surface area contributed by atoms with E-state index in [0.717, 1.165) is 17.7 Å². The van der Waals surface area contributed by atoms with Crippen molar-refractivity contribution in [2.24, 2.45) is 5.92 Å². The van der Waals surface area contributed by atoms with Crippen LogP contribution in [0.1, 0.15) is 26.7 Å². The number of benzene rings is 1. The van der Waals surface area contributed by atoms with Crippen LogP contribution < -0.4 is 4.74 Å². The summed E-state index contributed by atoms with van der Waals surface area (Å²) in [5, 5.41) is 5.00. The Morgan fingerprint density at radius 3 is 2.81 bits per heavy atom. The predicted molar refractivity (Wildman–Crippen MR) is 119 cm³/mol. The molecule has 1 aliphatic rings. The first kappa shape index (κ1) is 21.9. The number of hydrogen-bond donors (Lipinski definition) is 0. The van der Waals surface area contributed by atoms with Crippen molar-refractivity contribution in [1.29, 1.82) is 0 Å². The van der Waals surface area contributed by atoms with Gasteiger partial charge in [0.1, 0.15) is 11.9 Å². The third-order valence-corrected chi connectivity index (χ3v) is 7.03. The van der Waals surface area contributed by atoms with Gasteiger partial charge in [-0.1, -0.05) is 0 Å². The second-order valence-corrected chi connectivity index (χ2v) is 9.21. The van der Waals surface area contributed by atoms with E-state index < -0.39 is 0 Å². The standard InChI is InChI=1S/C21H25FN4O3S2/c1-4-28-21(27)25-9-7-14(8-10-25)13(2)29-20-24-26-12-18(23-19(26)31-20)16-6-5-15(30-3)11-17(16)22/h5-6,11-14H,4,7-10H2,1-3H3. The average Bonchev–Trinajstić information content (AvgIpc) is 3.32. The molecular formula is C21H25FN4O3S2. The maximum atomic E-state index is 14.4. The fourth-order valence-corrected chi connectivity index (χ4v) is 4.95. The van der Waals surface area contributed by atoms with Crippen LogP contribution >= 0.6 is 23.1 Å². The lowest BCUT2D eigenvalue weighted by Gasteiger charge is -2.33. The Morgan fingerprint density at radius 1 is 1.39 bits per heavy atom. The second-order valence-electron chi connectivity index (χ2n) is 7.41. The minimum absolute atomic E-state index is 0.0313. The number of fused-ring (bicyclic) bond motifs is 1. The van der Waals surface area contributed by atoms with Gasteiger partial charge in [-0.15, -0.1) is 16.9 Å². The van der Waals surface area contributed by atoms with Gasteiger partial charge in [-0.3, -0.25) is 0 Å². The molecule has 0 saturated carbocycles. The molecule has 10 heteroatoms. The van der Waals surface area contributed by atoms with Crippen LogP contribution in [-0.2, 0) is 4.74 Å². The van der Waals surface area contributed by atoms with E-state index in [1.54, 1.807) is 21.7 Å². The molecule has 31 heavy (non-hydrogen) atoms. The van der Waals surface area contributed by atoms with Crippen LogP contribution in [0.2, 0.25) is 0 Å². The zero-order valence-corrected chi connectivity index (χ0v) is 19.3. The predicted octanol–water partition coefficient (Wildman–Crippen LogP) is 4.95. The summed E-state index contributed by atoms with van der Waals surface area (Å²) in [6.45, 7) is 5.57. The average molecular weight is 465 g/mol. The number of aromatic nitrogens is 3. The lowest BCUT2D eigenvalue weighted by Crippen LogP contribution is -2.42. The van der Waals surface area contributed by atoms with E-state index in [2.05, 4.69) is 10.1 Å². The number of carbonyl (C=O) groups is 1. The molecule has 1 saturated heterocycles. The van der Waals surface area contributed by atoms with E-state index in [-0.39, 0.29) is 18.0 Å². The number of hydrogen-bond acceptors (Lipinski definition) is 7. The first-order valence-corrected chi connectivity index (χ1v) is 12.3. The van der Waals surface area contributed by atoms with E-state index >= 15 is 0 Å². The molecule has 4 rings (SSSR count). The molecule has 3 aromatic rings. The van der Waals surface area contributed by atoms with Gasteiger partial charge in [0.25, 0.3) is 5.19 Å². The summed E-state index contributed by atoms with van der Waals surface area (Å²) in [4.78, 5) is 19.6. The highest BCUT2D eigenvalue weighted by Crippen LogP contribution is 2.31. The molecule has 1 unspecified atom stereocenters. The summed E-state index contributed by atoms with van der Waals surface area (Å²) in [7, 11) is 0. The monoisotopic (exact) mass is 464 g/mol. The zero-order valence-electron chi connectivity index (χ0n) is 17.7. The van der Waals surface area contributed by atoms with E-state index in [4.69, 9.17) is 9.47 Å². The fraction of sp³-hybridized carbons (Fsp3) is 0.476. The normalized spacial score (nSPS) is 15.9. The highest BCUT2D eigenvalue weighted by molar-refractivity contribution is 7.98. The molecule has 0 radical (unpaired) electrons. The third kappa shape index (κ3) is 4.79. The summed E-state index contributed by atoms with van der Waals surface area (Å²) in [6, 6.07) is 5.15. The Balaban J connectivity index is 1.39. The fourth-order valence-electron chi connectivity index (χ4n) is 3.71. The van der Waals surface area contributed by atoms with Gasteiger partial charge >= 0.3 is 6.09 Å². The lowest BCUT2D eigenvalue weighted by molar-refractivity contribution is 0.0656. The quantitative estimate of drug-likeness (QED) is 0.481. The molecule has 0 N–H and O–H groups in total. The molecule has 0 aliphatic carbocycles. The Kier molecular flexibility index (Phi) is 6.66. The molecule has 1 aliphatic heterocycles. The number of nitrogens with zero attached hydrogens (tertiary/aromatic N) is 4. The van der Waals surface area contributed by atoms with E-state index in [0.29, 0.717) is 47.0 Å². The van der Waals surface area contributed by atoms with Crippen molar-refractivity contribution in [3.63, 3.8) is 0 Å². The largest absolute Gasteiger partial charge is 0.466 e. The Hall–Kier alpha value is -2.33. The summed E-state index contributed by atoms with van der Waals surface area (Å²) in [5.74, 6) is 0.0402. The SMILES string of the molecule is CCOC(=O)N1CCC(C(C)Oc2nn3cc(-c4ccc(SC)cc4F)nc3s2)CC1.